The summed E-state index contributed by atoms with van der Waals surface area (Å²) in [5.41, 5.74) is 3.40. The SMILES string of the molecule is CC1=C(C2CC2)CNCC1. The van der Waals surface area contributed by atoms with Gasteiger partial charge in [-0.25, -0.2) is 0 Å². The second-order valence-electron chi connectivity index (χ2n) is 3.51. The average Bonchev–Trinajstić information content (AvgIpc) is 2.71. The molecule has 0 saturated heterocycles. The van der Waals surface area contributed by atoms with E-state index in [2.05, 4.69) is 12.2 Å². The van der Waals surface area contributed by atoms with Crippen molar-refractivity contribution in [3.63, 3.8) is 0 Å². The first-order chi connectivity index (χ1) is 4.88. The molecule has 0 radical (unpaired) electrons. The third-order valence-corrected chi connectivity index (χ3v) is 2.61. The van der Waals surface area contributed by atoms with Gasteiger partial charge in [-0.1, -0.05) is 11.1 Å². The zero-order valence-corrected chi connectivity index (χ0v) is 6.61. The van der Waals surface area contributed by atoms with Gasteiger partial charge in [0.25, 0.3) is 0 Å². The van der Waals surface area contributed by atoms with Crippen LogP contribution in [0.2, 0.25) is 0 Å². The highest BCUT2D eigenvalue weighted by molar-refractivity contribution is 5.23. The molecule has 1 nitrogen and oxygen atoms in total. The van der Waals surface area contributed by atoms with Crippen molar-refractivity contribution in [3.05, 3.63) is 11.1 Å². The van der Waals surface area contributed by atoms with Crippen LogP contribution in [0.3, 0.4) is 0 Å². The van der Waals surface area contributed by atoms with Crippen molar-refractivity contribution in [2.24, 2.45) is 5.92 Å². The third kappa shape index (κ3) is 1.10. The summed E-state index contributed by atoms with van der Waals surface area (Å²) in [4.78, 5) is 0. The molecule has 1 fully saturated rings. The van der Waals surface area contributed by atoms with E-state index in [1.165, 1.54) is 32.4 Å². The molecule has 2 aliphatic rings. The summed E-state index contributed by atoms with van der Waals surface area (Å²) in [5, 5.41) is 3.43. The first-order valence-corrected chi connectivity index (χ1v) is 4.27. The lowest BCUT2D eigenvalue weighted by molar-refractivity contribution is 0.648. The van der Waals surface area contributed by atoms with Gasteiger partial charge >= 0.3 is 0 Å². The van der Waals surface area contributed by atoms with Gasteiger partial charge in [0, 0.05) is 6.54 Å². The molecule has 0 aromatic carbocycles. The van der Waals surface area contributed by atoms with Crippen LogP contribution in [-0.4, -0.2) is 13.1 Å². The molecule has 1 N–H and O–H groups in total. The van der Waals surface area contributed by atoms with Crippen LogP contribution >= 0.6 is 0 Å². The van der Waals surface area contributed by atoms with E-state index < -0.39 is 0 Å². The largest absolute Gasteiger partial charge is 0.313 e. The maximum atomic E-state index is 3.43. The van der Waals surface area contributed by atoms with Crippen molar-refractivity contribution in [3.8, 4) is 0 Å². The minimum absolute atomic E-state index is 0.979. The molecule has 0 unspecified atom stereocenters. The van der Waals surface area contributed by atoms with Gasteiger partial charge in [-0.15, -0.1) is 0 Å². The normalized spacial score (nSPS) is 27.3. The van der Waals surface area contributed by atoms with Crippen LogP contribution in [0.5, 0.6) is 0 Å². The standard InChI is InChI=1S/C9H15N/c1-7-4-5-10-6-9(7)8-2-3-8/h8,10H,2-6H2,1H3. The summed E-state index contributed by atoms with van der Waals surface area (Å²) in [7, 11) is 0. The molecule has 0 aromatic heterocycles. The van der Waals surface area contributed by atoms with Gasteiger partial charge in [0.1, 0.15) is 0 Å². The number of nitrogens with one attached hydrogen (secondary N) is 1. The minimum Gasteiger partial charge on any atom is -0.313 e. The van der Waals surface area contributed by atoms with Crippen molar-refractivity contribution in [2.75, 3.05) is 13.1 Å². The Kier molecular flexibility index (Phi) is 1.53. The molecule has 0 bridgehead atoms. The van der Waals surface area contributed by atoms with Gasteiger partial charge < -0.3 is 5.32 Å². The Labute approximate surface area is 62.5 Å². The van der Waals surface area contributed by atoms with Gasteiger partial charge in [-0.3, -0.25) is 0 Å². The van der Waals surface area contributed by atoms with Crippen molar-refractivity contribution >= 4 is 0 Å². The maximum absolute atomic E-state index is 3.43. The zero-order chi connectivity index (χ0) is 6.97. The Hall–Kier alpha value is -0.300. The van der Waals surface area contributed by atoms with Crippen LogP contribution in [0.4, 0.5) is 0 Å². The highest BCUT2D eigenvalue weighted by atomic mass is 14.9. The van der Waals surface area contributed by atoms with Crippen LogP contribution in [0, 0.1) is 5.92 Å². The Morgan fingerprint density at radius 3 is 2.80 bits per heavy atom. The molecule has 56 valence electrons. The predicted octanol–water partition coefficient (Wildman–Crippen LogP) is 1.71. The third-order valence-electron chi connectivity index (χ3n) is 2.61. The van der Waals surface area contributed by atoms with Gasteiger partial charge in [-0.05, 0) is 38.6 Å². The molecule has 1 heterocycles. The Morgan fingerprint density at radius 2 is 2.20 bits per heavy atom. The molecule has 0 spiro atoms. The number of rotatable bonds is 1. The lowest BCUT2D eigenvalue weighted by Gasteiger charge is -2.18. The van der Waals surface area contributed by atoms with Crippen LogP contribution in [0.1, 0.15) is 26.2 Å². The molecule has 0 atom stereocenters. The Balaban J connectivity index is 2.12. The van der Waals surface area contributed by atoms with E-state index in [0.29, 0.717) is 0 Å². The maximum Gasteiger partial charge on any atom is 0.0170 e. The summed E-state index contributed by atoms with van der Waals surface area (Å²) >= 11 is 0. The van der Waals surface area contributed by atoms with Gasteiger partial charge in [0.2, 0.25) is 0 Å². The Bertz CT molecular complexity index is 166. The van der Waals surface area contributed by atoms with Gasteiger partial charge in [0.05, 0.1) is 0 Å². The van der Waals surface area contributed by atoms with Crippen molar-refractivity contribution in [1.82, 2.24) is 5.32 Å². The van der Waals surface area contributed by atoms with E-state index in [0.717, 1.165) is 5.92 Å². The summed E-state index contributed by atoms with van der Waals surface area (Å²) in [6, 6.07) is 0. The second-order valence-corrected chi connectivity index (χ2v) is 3.51. The van der Waals surface area contributed by atoms with E-state index in [9.17, 15) is 0 Å². The lowest BCUT2D eigenvalue weighted by atomic mass is 9.99. The summed E-state index contributed by atoms with van der Waals surface area (Å²) in [6.07, 6.45) is 4.19. The average molecular weight is 137 g/mol. The summed E-state index contributed by atoms with van der Waals surface area (Å²) in [5.74, 6) is 0.979. The minimum atomic E-state index is 0.979. The van der Waals surface area contributed by atoms with Crippen LogP contribution < -0.4 is 5.32 Å². The van der Waals surface area contributed by atoms with E-state index in [-0.39, 0.29) is 0 Å². The smallest absolute Gasteiger partial charge is 0.0170 e. The van der Waals surface area contributed by atoms with Crippen LogP contribution in [-0.2, 0) is 0 Å². The van der Waals surface area contributed by atoms with Crippen molar-refractivity contribution in [1.29, 1.82) is 0 Å². The first-order valence-electron chi connectivity index (χ1n) is 4.27. The molecule has 1 saturated carbocycles. The first kappa shape index (κ1) is 6.41. The van der Waals surface area contributed by atoms with Crippen molar-refractivity contribution in [2.45, 2.75) is 26.2 Å². The van der Waals surface area contributed by atoms with E-state index >= 15 is 0 Å². The molecule has 2 rings (SSSR count). The molecule has 0 aromatic rings. The molecule has 1 heteroatoms. The van der Waals surface area contributed by atoms with Crippen LogP contribution in [0.25, 0.3) is 0 Å². The van der Waals surface area contributed by atoms with Crippen molar-refractivity contribution < 1.29 is 0 Å². The second kappa shape index (κ2) is 2.39. The van der Waals surface area contributed by atoms with E-state index in [1.807, 2.05) is 0 Å². The fraction of sp³-hybridized carbons (Fsp3) is 0.778. The molecule has 0 amide bonds. The zero-order valence-electron chi connectivity index (χ0n) is 6.61. The predicted molar refractivity (Wildman–Crippen MR) is 42.9 cm³/mol. The van der Waals surface area contributed by atoms with E-state index in [4.69, 9.17) is 0 Å². The molecule has 10 heavy (non-hydrogen) atoms. The van der Waals surface area contributed by atoms with Gasteiger partial charge in [-0.2, -0.15) is 0 Å². The summed E-state index contributed by atoms with van der Waals surface area (Å²) in [6.45, 7) is 4.67. The topological polar surface area (TPSA) is 12.0 Å². The molecule has 1 aliphatic carbocycles. The molecule has 1 aliphatic heterocycles. The highest BCUT2D eigenvalue weighted by Crippen LogP contribution is 2.38. The van der Waals surface area contributed by atoms with E-state index in [1.54, 1.807) is 11.1 Å². The molecular formula is C9H15N. The monoisotopic (exact) mass is 137 g/mol. The van der Waals surface area contributed by atoms with Gasteiger partial charge in [0.15, 0.2) is 0 Å². The highest BCUT2D eigenvalue weighted by Gasteiger charge is 2.27. The fourth-order valence-corrected chi connectivity index (χ4v) is 1.73. The summed E-state index contributed by atoms with van der Waals surface area (Å²) < 4.78 is 0. The number of hydrogen-bond donors (Lipinski definition) is 1. The fourth-order valence-electron chi connectivity index (χ4n) is 1.73. The van der Waals surface area contributed by atoms with Crippen LogP contribution in [0.15, 0.2) is 11.1 Å². The quantitative estimate of drug-likeness (QED) is 0.542. The molecular weight excluding hydrogens is 122 g/mol. The lowest BCUT2D eigenvalue weighted by Crippen LogP contribution is -2.25. The number of hydrogen-bond acceptors (Lipinski definition) is 1. The Morgan fingerprint density at radius 1 is 1.40 bits per heavy atom.